The third-order valence-corrected chi connectivity index (χ3v) is 4.91. The lowest BCUT2D eigenvalue weighted by Crippen LogP contribution is -1.88. The fourth-order valence-electron chi connectivity index (χ4n) is 3.61. The lowest BCUT2D eigenvalue weighted by molar-refractivity contribution is 0.627. The molecular weight excluding hydrogens is 295 g/mol. The highest BCUT2D eigenvalue weighted by molar-refractivity contribution is 6.05. The molecule has 0 spiro atoms. The quantitative estimate of drug-likeness (QED) is 0.564. The van der Waals surface area contributed by atoms with Crippen LogP contribution in [0.2, 0.25) is 0 Å². The Morgan fingerprint density at radius 1 is 0.875 bits per heavy atom. The van der Waals surface area contributed by atoms with Gasteiger partial charge in [0.1, 0.15) is 5.82 Å². The van der Waals surface area contributed by atoms with Gasteiger partial charge >= 0.3 is 0 Å². The van der Waals surface area contributed by atoms with Crippen molar-refractivity contribution < 1.29 is 4.39 Å². The maximum atomic E-state index is 13.7. The van der Waals surface area contributed by atoms with Crippen LogP contribution in [0.4, 0.5) is 4.39 Å². The molecule has 1 aliphatic carbocycles. The number of allylic oxidation sites excluding steroid dienone is 3. The average Bonchev–Trinajstić information content (AvgIpc) is 2.87. The zero-order chi connectivity index (χ0) is 17.3. The molecule has 0 saturated heterocycles. The highest BCUT2D eigenvalue weighted by atomic mass is 19.1. The molecule has 1 heteroatoms. The van der Waals surface area contributed by atoms with Crippen LogP contribution in [-0.2, 0) is 0 Å². The highest BCUT2D eigenvalue weighted by Gasteiger charge is 2.24. The van der Waals surface area contributed by atoms with Gasteiger partial charge in [-0.05, 0) is 75.9 Å². The first-order chi connectivity index (χ1) is 11.5. The molecule has 0 heterocycles. The van der Waals surface area contributed by atoms with E-state index in [0.29, 0.717) is 5.92 Å². The van der Waals surface area contributed by atoms with Crippen molar-refractivity contribution in [3.8, 4) is 0 Å². The van der Waals surface area contributed by atoms with E-state index in [9.17, 15) is 4.39 Å². The van der Waals surface area contributed by atoms with Gasteiger partial charge in [-0.3, -0.25) is 0 Å². The van der Waals surface area contributed by atoms with Crippen molar-refractivity contribution in [1.29, 1.82) is 0 Å². The maximum absolute atomic E-state index is 13.7. The summed E-state index contributed by atoms with van der Waals surface area (Å²) < 4.78 is 13.7. The van der Waals surface area contributed by atoms with E-state index < -0.39 is 0 Å². The van der Waals surface area contributed by atoms with E-state index in [1.54, 1.807) is 12.1 Å². The zero-order valence-electron chi connectivity index (χ0n) is 15.0. The van der Waals surface area contributed by atoms with Crippen LogP contribution in [-0.4, -0.2) is 0 Å². The first kappa shape index (κ1) is 16.7. The summed E-state index contributed by atoms with van der Waals surface area (Å²) in [5.41, 5.74) is 8.68. The van der Waals surface area contributed by atoms with Crippen LogP contribution >= 0.6 is 0 Å². The van der Waals surface area contributed by atoms with Crippen LogP contribution in [0.1, 0.15) is 68.7 Å². The third kappa shape index (κ3) is 2.96. The number of fused-ring (bicyclic) bond motifs is 1. The number of benzene rings is 2. The largest absolute Gasteiger partial charge is 0.207 e. The van der Waals surface area contributed by atoms with Gasteiger partial charge in [-0.1, -0.05) is 58.0 Å². The second-order valence-electron chi connectivity index (χ2n) is 6.73. The smallest absolute Gasteiger partial charge is 0.123 e. The van der Waals surface area contributed by atoms with Crippen LogP contribution < -0.4 is 0 Å². The molecule has 0 aromatic heterocycles. The SMILES string of the molecule is CCC1=C(CC)c2cc(F)ccc2/C1=C\c1ccc(C(C)C)cc1. The predicted octanol–water partition coefficient (Wildman–Crippen LogP) is 7.08. The molecule has 0 nitrogen and oxygen atoms in total. The van der Waals surface area contributed by atoms with Gasteiger partial charge in [-0.2, -0.15) is 0 Å². The highest BCUT2D eigenvalue weighted by Crippen LogP contribution is 2.45. The molecule has 3 rings (SSSR count). The van der Waals surface area contributed by atoms with Gasteiger partial charge in [0.05, 0.1) is 0 Å². The first-order valence-electron chi connectivity index (χ1n) is 8.89. The normalized spacial score (nSPS) is 15.5. The molecule has 0 saturated carbocycles. The Bertz CT molecular complexity index is 804. The van der Waals surface area contributed by atoms with Crippen LogP contribution in [0.3, 0.4) is 0 Å². The Balaban J connectivity index is 2.10. The summed E-state index contributed by atoms with van der Waals surface area (Å²) >= 11 is 0. The number of hydrogen-bond donors (Lipinski definition) is 0. The molecule has 0 aliphatic heterocycles. The van der Waals surface area contributed by atoms with E-state index in [4.69, 9.17) is 0 Å². The molecule has 0 unspecified atom stereocenters. The predicted molar refractivity (Wildman–Crippen MR) is 102 cm³/mol. The Morgan fingerprint density at radius 2 is 1.54 bits per heavy atom. The Kier molecular flexibility index (Phi) is 4.71. The van der Waals surface area contributed by atoms with Gasteiger partial charge in [-0.15, -0.1) is 0 Å². The van der Waals surface area contributed by atoms with Crippen molar-refractivity contribution in [2.75, 3.05) is 0 Å². The van der Waals surface area contributed by atoms with Gasteiger partial charge in [-0.25, -0.2) is 4.39 Å². The van der Waals surface area contributed by atoms with Gasteiger partial charge in [0.25, 0.3) is 0 Å². The minimum atomic E-state index is -0.155. The molecule has 0 radical (unpaired) electrons. The minimum absolute atomic E-state index is 0.155. The van der Waals surface area contributed by atoms with Crippen molar-refractivity contribution in [2.24, 2.45) is 0 Å². The van der Waals surface area contributed by atoms with Crippen molar-refractivity contribution >= 4 is 17.2 Å². The van der Waals surface area contributed by atoms with Gasteiger partial charge in [0.2, 0.25) is 0 Å². The van der Waals surface area contributed by atoms with Gasteiger partial charge < -0.3 is 0 Å². The lowest BCUT2D eigenvalue weighted by Gasteiger charge is -2.08. The summed E-state index contributed by atoms with van der Waals surface area (Å²) in [7, 11) is 0. The molecule has 2 aromatic rings. The van der Waals surface area contributed by atoms with Gasteiger partial charge in [0, 0.05) is 0 Å². The molecule has 0 fully saturated rings. The average molecular weight is 320 g/mol. The van der Waals surface area contributed by atoms with Gasteiger partial charge in [0.15, 0.2) is 0 Å². The molecule has 124 valence electrons. The Labute approximate surface area is 144 Å². The molecule has 0 atom stereocenters. The summed E-state index contributed by atoms with van der Waals surface area (Å²) in [6, 6.07) is 14.0. The minimum Gasteiger partial charge on any atom is -0.207 e. The van der Waals surface area contributed by atoms with Crippen LogP contribution in [0.5, 0.6) is 0 Å². The zero-order valence-corrected chi connectivity index (χ0v) is 15.0. The topological polar surface area (TPSA) is 0 Å². The van der Waals surface area contributed by atoms with Crippen LogP contribution in [0.15, 0.2) is 48.0 Å². The van der Waals surface area contributed by atoms with E-state index in [2.05, 4.69) is 58.0 Å². The Morgan fingerprint density at radius 3 is 2.12 bits per heavy atom. The van der Waals surface area contributed by atoms with Crippen molar-refractivity contribution in [2.45, 2.75) is 46.5 Å². The second-order valence-corrected chi connectivity index (χ2v) is 6.73. The summed E-state index contributed by atoms with van der Waals surface area (Å²) in [4.78, 5) is 0. The van der Waals surface area contributed by atoms with Crippen molar-refractivity contribution in [1.82, 2.24) is 0 Å². The third-order valence-electron chi connectivity index (χ3n) is 4.91. The van der Waals surface area contributed by atoms with E-state index >= 15 is 0 Å². The lowest BCUT2D eigenvalue weighted by atomic mass is 9.96. The van der Waals surface area contributed by atoms with Crippen molar-refractivity contribution in [3.05, 3.63) is 76.1 Å². The molecule has 0 amide bonds. The molecule has 0 N–H and O–H groups in total. The first-order valence-corrected chi connectivity index (χ1v) is 8.89. The fraction of sp³-hybridized carbons (Fsp3) is 0.304. The number of hydrogen-bond acceptors (Lipinski definition) is 0. The van der Waals surface area contributed by atoms with Crippen molar-refractivity contribution in [3.63, 3.8) is 0 Å². The number of rotatable bonds is 4. The summed E-state index contributed by atoms with van der Waals surface area (Å²) in [5, 5.41) is 0. The molecule has 24 heavy (non-hydrogen) atoms. The molecular formula is C23H25F. The molecule has 0 bridgehead atoms. The van der Waals surface area contributed by atoms with E-state index in [1.165, 1.54) is 27.8 Å². The molecule has 1 aliphatic rings. The monoisotopic (exact) mass is 320 g/mol. The van der Waals surface area contributed by atoms with E-state index in [1.807, 2.05) is 6.07 Å². The second kappa shape index (κ2) is 6.76. The summed E-state index contributed by atoms with van der Waals surface area (Å²) in [6.07, 6.45) is 4.15. The Hall–Kier alpha value is -2.15. The number of halogens is 1. The van der Waals surface area contributed by atoms with E-state index in [0.717, 1.165) is 24.0 Å². The molecule has 2 aromatic carbocycles. The fourth-order valence-corrected chi connectivity index (χ4v) is 3.61. The van der Waals surface area contributed by atoms with Crippen LogP contribution in [0, 0.1) is 5.82 Å². The standard InChI is InChI=1S/C23H25F/c1-5-19-20(6-2)23-14-18(24)11-12-21(23)22(19)13-16-7-9-17(10-8-16)15(3)4/h7-15H,5-6H2,1-4H3/b22-13-. The maximum Gasteiger partial charge on any atom is 0.123 e. The van der Waals surface area contributed by atoms with E-state index in [-0.39, 0.29) is 5.82 Å². The summed E-state index contributed by atoms with van der Waals surface area (Å²) in [5.74, 6) is 0.386. The van der Waals surface area contributed by atoms with Crippen LogP contribution in [0.25, 0.3) is 17.2 Å². The summed E-state index contributed by atoms with van der Waals surface area (Å²) in [6.45, 7) is 8.75.